The van der Waals surface area contributed by atoms with Gasteiger partial charge in [-0.15, -0.1) is 0 Å². The highest BCUT2D eigenvalue weighted by atomic mass is 127. The maximum atomic E-state index is 10.3. The first kappa shape index (κ1) is 10.3. The number of nitrogen functional groups attached to an aromatic ring is 1. The van der Waals surface area contributed by atoms with Gasteiger partial charge in [0.25, 0.3) is 0 Å². The Bertz CT molecular complexity index is 305. The first-order valence-electron chi connectivity index (χ1n) is 3.84. The zero-order valence-electron chi connectivity index (χ0n) is 6.96. The van der Waals surface area contributed by atoms with Crippen LogP contribution in [0.15, 0.2) is 18.2 Å². The van der Waals surface area contributed by atoms with Crippen LogP contribution in [0.1, 0.15) is 12.0 Å². The minimum Gasteiger partial charge on any atom is -0.481 e. The molecule has 70 valence electrons. The Labute approximate surface area is 90.1 Å². The number of nitrogens with two attached hydrogens (primary N) is 1. The molecule has 0 aromatic heterocycles. The van der Waals surface area contributed by atoms with Gasteiger partial charge in [0.05, 0.1) is 0 Å². The average molecular weight is 291 g/mol. The number of benzene rings is 1. The van der Waals surface area contributed by atoms with Gasteiger partial charge in [0.15, 0.2) is 0 Å². The summed E-state index contributed by atoms with van der Waals surface area (Å²) in [5, 5.41) is 8.48. The highest BCUT2D eigenvalue weighted by Crippen LogP contribution is 2.15. The molecule has 0 aliphatic carbocycles. The van der Waals surface area contributed by atoms with E-state index in [2.05, 4.69) is 22.6 Å². The molecule has 0 heterocycles. The number of aryl methyl sites for hydroxylation is 1. The Balaban J connectivity index is 2.71. The van der Waals surface area contributed by atoms with Crippen molar-refractivity contribution in [2.24, 2.45) is 0 Å². The van der Waals surface area contributed by atoms with E-state index in [1.807, 2.05) is 18.2 Å². The number of hydrogen-bond acceptors (Lipinski definition) is 2. The lowest BCUT2D eigenvalue weighted by atomic mass is 10.1. The average Bonchev–Trinajstić information content (AvgIpc) is 1.99. The van der Waals surface area contributed by atoms with Crippen molar-refractivity contribution in [3.8, 4) is 0 Å². The van der Waals surface area contributed by atoms with Crippen LogP contribution in [-0.2, 0) is 11.2 Å². The molecular weight excluding hydrogens is 281 g/mol. The van der Waals surface area contributed by atoms with Gasteiger partial charge in [-0.25, -0.2) is 0 Å². The summed E-state index contributed by atoms with van der Waals surface area (Å²) in [7, 11) is 0. The van der Waals surface area contributed by atoms with E-state index in [-0.39, 0.29) is 6.42 Å². The number of carboxylic acids is 1. The fraction of sp³-hybridized carbons (Fsp3) is 0.222. The standard InChI is InChI=1S/C9H10INO2/c10-7-3-6(1-2-9(12)13)4-8(11)5-7/h3-5H,1-2,11H2,(H,12,13). The van der Waals surface area contributed by atoms with Crippen molar-refractivity contribution < 1.29 is 9.90 Å². The quantitative estimate of drug-likeness (QED) is 0.660. The zero-order valence-corrected chi connectivity index (χ0v) is 9.11. The molecule has 0 saturated heterocycles. The number of rotatable bonds is 3. The molecule has 0 radical (unpaired) electrons. The second-order valence-electron chi connectivity index (χ2n) is 2.79. The number of carbonyl (C=O) groups is 1. The molecule has 0 aliphatic heterocycles. The molecule has 4 heteroatoms. The van der Waals surface area contributed by atoms with E-state index in [0.717, 1.165) is 9.13 Å². The van der Waals surface area contributed by atoms with Crippen LogP contribution in [-0.4, -0.2) is 11.1 Å². The number of hydrogen-bond donors (Lipinski definition) is 2. The summed E-state index contributed by atoms with van der Waals surface area (Å²) in [5.74, 6) is -0.780. The van der Waals surface area contributed by atoms with Crippen molar-refractivity contribution in [2.75, 3.05) is 5.73 Å². The lowest BCUT2D eigenvalue weighted by molar-refractivity contribution is -0.136. The maximum Gasteiger partial charge on any atom is 0.303 e. The molecule has 1 aromatic carbocycles. The van der Waals surface area contributed by atoms with Crippen LogP contribution in [0.4, 0.5) is 5.69 Å². The molecule has 0 unspecified atom stereocenters. The van der Waals surface area contributed by atoms with Crippen LogP contribution in [0.5, 0.6) is 0 Å². The third-order valence-corrected chi connectivity index (χ3v) is 2.23. The Morgan fingerprint density at radius 3 is 2.69 bits per heavy atom. The van der Waals surface area contributed by atoms with Crippen molar-refractivity contribution in [3.05, 3.63) is 27.3 Å². The number of anilines is 1. The topological polar surface area (TPSA) is 63.3 Å². The lowest BCUT2D eigenvalue weighted by Gasteiger charge is -2.01. The van der Waals surface area contributed by atoms with Gasteiger partial charge in [-0.05, 0) is 52.8 Å². The number of aliphatic carboxylic acids is 1. The van der Waals surface area contributed by atoms with Gasteiger partial charge in [0.1, 0.15) is 0 Å². The van der Waals surface area contributed by atoms with Crippen LogP contribution >= 0.6 is 22.6 Å². The minimum atomic E-state index is -0.780. The molecule has 13 heavy (non-hydrogen) atoms. The van der Waals surface area contributed by atoms with Crippen molar-refractivity contribution >= 4 is 34.2 Å². The first-order chi connectivity index (χ1) is 6.08. The Kier molecular flexibility index (Phi) is 3.53. The van der Waals surface area contributed by atoms with E-state index in [1.54, 1.807) is 0 Å². The molecule has 0 atom stereocenters. The smallest absolute Gasteiger partial charge is 0.303 e. The molecule has 0 fully saturated rings. The molecule has 1 rings (SSSR count). The maximum absolute atomic E-state index is 10.3. The van der Waals surface area contributed by atoms with Gasteiger partial charge in [0.2, 0.25) is 0 Å². The largest absolute Gasteiger partial charge is 0.481 e. The van der Waals surface area contributed by atoms with Crippen molar-refractivity contribution in [1.82, 2.24) is 0 Å². The van der Waals surface area contributed by atoms with E-state index >= 15 is 0 Å². The number of halogens is 1. The Hall–Kier alpha value is -0.780. The molecule has 0 saturated carbocycles. The van der Waals surface area contributed by atoms with E-state index < -0.39 is 5.97 Å². The van der Waals surface area contributed by atoms with Crippen LogP contribution in [0.3, 0.4) is 0 Å². The van der Waals surface area contributed by atoms with Crippen LogP contribution in [0.2, 0.25) is 0 Å². The molecule has 3 N–H and O–H groups in total. The fourth-order valence-electron chi connectivity index (χ4n) is 1.07. The van der Waals surface area contributed by atoms with Crippen LogP contribution in [0.25, 0.3) is 0 Å². The molecule has 0 spiro atoms. The van der Waals surface area contributed by atoms with Crippen molar-refractivity contribution in [3.63, 3.8) is 0 Å². The van der Waals surface area contributed by atoms with E-state index in [4.69, 9.17) is 10.8 Å². The molecule has 0 bridgehead atoms. The summed E-state index contributed by atoms with van der Waals surface area (Å²) in [6, 6.07) is 5.61. The third kappa shape index (κ3) is 3.63. The highest BCUT2D eigenvalue weighted by molar-refractivity contribution is 14.1. The van der Waals surface area contributed by atoms with Crippen molar-refractivity contribution in [2.45, 2.75) is 12.8 Å². The lowest BCUT2D eigenvalue weighted by Crippen LogP contribution is -1.98. The first-order valence-corrected chi connectivity index (χ1v) is 4.92. The van der Waals surface area contributed by atoms with E-state index in [1.165, 1.54) is 0 Å². The minimum absolute atomic E-state index is 0.152. The van der Waals surface area contributed by atoms with Crippen LogP contribution < -0.4 is 5.73 Å². The molecular formula is C9H10INO2. The second-order valence-corrected chi connectivity index (χ2v) is 4.03. The van der Waals surface area contributed by atoms with Gasteiger partial charge in [-0.1, -0.05) is 0 Å². The fourth-order valence-corrected chi connectivity index (χ4v) is 1.83. The SMILES string of the molecule is Nc1cc(I)cc(CCC(=O)O)c1. The summed E-state index contributed by atoms with van der Waals surface area (Å²) in [6.45, 7) is 0. The van der Waals surface area contributed by atoms with Gasteiger partial charge < -0.3 is 10.8 Å². The summed E-state index contributed by atoms with van der Waals surface area (Å²) in [4.78, 5) is 10.3. The summed E-state index contributed by atoms with van der Waals surface area (Å²) in [6.07, 6.45) is 0.690. The number of carboxylic acid groups (broad SMARTS) is 1. The molecule has 0 aliphatic rings. The summed E-state index contributed by atoms with van der Waals surface area (Å²) < 4.78 is 1.04. The van der Waals surface area contributed by atoms with E-state index in [9.17, 15) is 4.79 Å². The molecule has 3 nitrogen and oxygen atoms in total. The Morgan fingerprint density at radius 1 is 1.46 bits per heavy atom. The second kappa shape index (κ2) is 4.45. The van der Waals surface area contributed by atoms with Gasteiger partial charge in [-0.3, -0.25) is 4.79 Å². The summed E-state index contributed by atoms with van der Waals surface area (Å²) >= 11 is 2.16. The highest BCUT2D eigenvalue weighted by Gasteiger charge is 2.00. The van der Waals surface area contributed by atoms with E-state index in [0.29, 0.717) is 12.1 Å². The normalized spacial score (nSPS) is 9.92. The Morgan fingerprint density at radius 2 is 2.15 bits per heavy atom. The molecule has 1 aromatic rings. The molecule has 0 amide bonds. The van der Waals surface area contributed by atoms with Crippen LogP contribution in [0, 0.1) is 3.57 Å². The van der Waals surface area contributed by atoms with Crippen molar-refractivity contribution in [1.29, 1.82) is 0 Å². The predicted octanol–water partition coefficient (Wildman–Crippen LogP) is 1.89. The zero-order chi connectivity index (χ0) is 9.84. The van der Waals surface area contributed by atoms with Gasteiger partial charge in [0, 0.05) is 15.7 Å². The monoisotopic (exact) mass is 291 g/mol. The predicted molar refractivity (Wildman–Crippen MR) is 59.5 cm³/mol. The third-order valence-electron chi connectivity index (χ3n) is 1.61. The van der Waals surface area contributed by atoms with Gasteiger partial charge >= 0.3 is 5.97 Å². The summed E-state index contributed by atoms with van der Waals surface area (Å²) in [5.41, 5.74) is 7.28. The van der Waals surface area contributed by atoms with Gasteiger partial charge in [-0.2, -0.15) is 0 Å².